The standard InChI is InChI=1S/C22H18F5N3O4.CH5N/c23-21(24)11-28-7-5-17(21)30-20(32)18-14-8-13(3-4-15(14)34-16(18)9-31)33-10-12-2-1-6-29-19(12)22(25,26)27;1-2/h1-4,6,8-9,17,28H,5,7,10-11H2,(H,30,32);2H2,1H3. The van der Waals surface area contributed by atoms with Gasteiger partial charge < -0.3 is 25.5 Å². The first kappa shape index (κ1) is 27.0. The average molecular weight is 514 g/mol. The third-order valence-electron chi connectivity index (χ3n) is 5.36. The maximum Gasteiger partial charge on any atom is 0.433 e. The zero-order valence-corrected chi connectivity index (χ0v) is 19.0. The molecular formula is C23H23F5N4O4. The van der Waals surface area contributed by atoms with Gasteiger partial charge in [0, 0.05) is 17.1 Å². The molecule has 4 rings (SSSR count). The van der Waals surface area contributed by atoms with Crippen LogP contribution < -0.4 is 21.1 Å². The predicted molar refractivity (Wildman–Crippen MR) is 119 cm³/mol. The summed E-state index contributed by atoms with van der Waals surface area (Å²) < 4.78 is 78.5. The molecular weight excluding hydrogens is 491 g/mol. The number of amides is 1. The topological polar surface area (TPSA) is 119 Å². The largest absolute Gasteiger partial charge is 0.489 e. The summed E-state index contributed by atoms with van der Waals surface area (Å²) in [5, 5.41) is 4.90. The highest BCUT2D eigenvalue weighted by Crippen LogP contribution is 2.33. The second kappa shape index (κ2) is 11.0. The van der Waals surface area contributed by atoms with Gasteiger partial charge in [0.05, 0.1) is 18.2 Å². The molecule has 0 bridgehead atoms. The molecule has 2 aromatic heterocycles. The van der Waals surface area contributed by atoms with Crippen molar-refractivity contribution in [3.8, 4) is 5.75 Å². The molecule has 1 unspecified atom stereocenters. The first-order chi connectivity index (χ1) is 17.1. The molecule has 1 aromatic carbocycles. The monoisotopic (exact) mass is 514 g/mol. The van der Waals surface area contributed by atoms with Crippen molar-refractivity contribution in [3.05, 3.63) is 59.1 Å². The molecule has 0 spiro atoms. The Balaban J connectivity index is 0.00000176. The Kier molecular flexibility index (Phi) is 8.25. The molecule has 1 saturated heterocycles. The number of aldehydes is 1. The molecule has 0 aliphatic carbocycles. The van der Waals surface area contributed by atoms with Gasteiger partial charge in [-0.05, 0) is 44.3 Å². The van der Waals surface area contributed by atoms with Gasteiger partial charge >= 0.3 is 6.18 Å². The van der Waals surface area contributed by atoms with Crippen molar-refractivity contribution in [2.75, 3.05) is 20.1 Å². The summed E-state index contributed by atoms with van der Waals surface area (Å²) in [5.74, 6) is -4.42. The van der Waals surface area contributed by atoms with E-state index in [0.717, 1.165) is 6.20 Å². The summed E-state index contributed by atoms with van der Waals surface area (Å²) in [6.07, 6.45) is -3.40. The second-order valence-corrected chi connectivity index (χ2v) is 7.67. The number of halogens is 5. The van der Waals surface area contributed by atoms with Crippen LogP contribution in [0.25, 0.3) is 11.0 Å². The lowest BCUT2D eigenvalue weighted by Crippen LogP contribution is -2.57. The number of furan rings is 1. The van der Waals surface area contributed by atoms with Crippen LogP contribution in [0.3, 0.4) is 0 Å². The lowest BCUT2D eigenvalue weighted by molar-refractivity contribution is -0.142. The van der Waals surface area contributed by atoms with Crippen molar-refractivity contribution in [3.63, 3.8) is 0 Å². The van der Waals surface area contributed by atoms with Crippen molar-refractivity contribution in [1.29, 1.82) is 0 Å². The number of carbonyl (C=O) groups is 2. The van der Waals surface area contributed by atoms with Gasteiger partial charge in [0.1, 0.15) is 17.9 Å². The number of fused-ring (bicyclic) bond motifs is 1. The van der Waals surface area contributed by atoms with E-state index in [1.807, 2.05) is 0 Å². The highest BCUT2D eigenvalue weighted by molar-refractivity contribution is 6.11. The Hall–Kier alpha value is -3.58. The van der Waals surface area contributed by atoms with Crippen LogP contribution >= 0.6 is 0 Å². The average Bonchev–Trinajstić information content (AvgIpc) is 3.23. The first-order valence-corrected chi connectivity index (χ1v) is 10.7. The van der Waals surface area contributed by atoms with E-state index >= 15 is 0 Å². The van der Waals surface area contributed by atoms with Gasteiger partial charge in [-0.25, -0.2) is 8.78 Å². The molecule has 0 saturated carbocycles. The fraction of sp³-hybridized carbons (Fsp3) is 0.348. The normalized spacial score (nSPS) is 17.1. The number of carbonyl (C=O) groups excluding carboxylic acids is 2. The van der Waals surface area contributed by atoms with Gasteiger partial charge in [-0.1, -0.05) is 6.07 Å². The summed E-state index contributed by atoms with van der Waals surface area (Å²) in [6, 6.07) is 5.15. The lowest BCUT2D eigenvalue weighted by atomic mass is 10.0. The van der Waals surface area contributed by atoms with Crippen LogP contribution in [0.5, 0.6) is 5.75 Å². The molecule has 194 valence electrons. The highest BCUT2D eigenvalue weighted by atomic mass is 19.4. The van der Waals surface area contributed by atoms with Crippen molar-refractivity contribution in [2.24, 2.45) is 5.73 Å². The van der Waals surface area contributed by atoms with Gasteiger partial charge in [-0.3, -0.25) is 14.6 Å². The minimum absolute atomic E-state index is 0.0219. The molecule has 8 nitrogen and oxygen atoms in total. The number of piperidine rings is 1. The Labute approximate surface area is 202 Å². The first-order valence-electron chi connectivity index (χ1n) is 10.7. The summed E-state index contributed by atoms with van der Waals surface area (Å²) in [6.45, 7) is -0.800. The van der Waals surface area contributed by atoms with E-state index in [4.69, 9.17) is 9.15 Å². The third kappa shape index (κ3) is 5.79. The van der Waals surface area contributed by atoms with Gasteiger partial charge in [-0.15, -0.1) is 0 Å². The van der Waals surface area contributed by atoms with Gasteiger partial charge in [0.15, 0.2) is 17.7 Å². The number of hydrogen-bond acceptors (Lipinski definition) is 7. The molecule has 13 heteroatoms. The molecule has 3 heterocycles. The quantitative estimate of drug-likeness (QED) is 0.340. The van der Waals surface area contributed by atoms with Gasteiger partial charge in [0.25, 0.3) is 11.8 Å². The number of pyridine rings is 1. The molecule has 1 aliphatic rings. The van der Waals surface area contributed by atoms with Crippen molar-refractivity contribution < 1.29 is 40.7 Å². The molecule has 1 amide bonds. The number of nitrogens with one attached hydrogen (secondary N) is 2. The molecule has 1 fully saturated rings. The van der Waals surface area contributed by atoms with E-state index < -0.39 is 42.9 Å². The molecule has 1 aliphatic heterocycles. The highest BCUT2D eigenvalue weighted by Gasteiger charge is 2.43. The van der Waals surface area contributed by atoms with E-state index in [1.165, 1.54) is 37.4 Å². The summed E-state index contributed by atoms with van der Waals surface area (Å²) in [5.41, 5.74) is 3.05. The Morgan fingerprint density at radius 3 is 2.75 bits per heavy atom. The summed E-state index contributed by atoms with van der Waals surface area (Å²) >= 11 is 0. The van der Waals surface area contributed by atoms with E-state index in [9.17, 15) is 31.5 Å². The molecule has 4 N–H and O–H groups in total. The van der Waals surface area contributed by atoms with E-state index in [1.54, 1.807) is 0 Å². The zero-order valence-electron chi connectivity index (χ0n) is 19.0. The van der Waals surface area contributed by atoms with Crippen molar-refractivity contribution >= 4 is 23.2 Å². The lowest BCUT2D eigenvalue weighted by Gasteiger charge is -2.32. The predicted octanol–water partition coefficient (Wildman–Crippen LogP) is 3.54. The van der Waals surface area contributed by atoms with Gasteiger partial charge in [0.2, 0.25) is 0 Å². The molecule has 36 heavy (non-hydrogen) atoms. The maximum absolute atomic E-state index is 14.1. The summed E-state index contributed by atoms with van der Waals surface area (Å²) in [7, 11) is 1.50. The minimum atomic E-state index is -4.67. The minimum Gasteiger partial charge on any atom is -0.489 e. The second-order valence-electron chi connectivity index (χ2n) is 7.67. The Morgan fingerprint density at radius 2 is 2.08 bits per heavy atom. The van der Waals surface area contributed by atoms with Crippen LogP contribution in [0.4, 0.5) is 22.0 Å². The number of benzene rings is 1. The van der Waals surface area contributed by atoms with Crippen LogP contribution in [0.1, 0.15) is 38.6 Å². The Bertz CT molecular complexity index is 1230. The Morgan fingerprint density at radius 1 is 1.33 bits per heavy atom. The number of rotatable bonds is 6. The number of alkyl halides is 5. The molecule has 3 aromatic rings. The van der Waals surface area contributed by atoms with Crippen molar-refractivity contribution in [1.82, 2.24) is 15.6 Å². The number of nitrogens with zero attached hydrogens (tertiary/aromatic N) is 1. The van der Waals surface area contributed by atoms with Gasteiger partial charge in [-0.2, -0.15) is 13.2 Å². The smallest absolute Gasteiger partial charge is 0.433 e. The van der Waals surface area contributed by atoms with Crippen LogP contribution in [0.2, 0.25) is 0 Å². The SMILES string of the molecule is CN.O=Cc1oc2ccc(OCc3cccnc3C(F)(F)F)cc2c1C(=O)NC1CCNCC1(F)F. The number of hydrogen-bond donors (Lipinski definition) is 3. The van der Waals surface area contributed by atoms with Crippen LogP contribution in [0, 0.1) is 0 Å². The van der Waals surface area contributed by atoms with Crippen LogP contribution in [-0.2, 0) is 12.8 Å². The number of ether oxygens (including phenoxy) is 1. The molecule has 0 radical (unpaired) electrons. The van der Waals surface area contributed by atoms with E-state index in [0.29, 0.717) is 0 Å². The zero-order chi connectivity index (χ0) is 26.5. The number of aromatic nitrogens is 1. The number of nitrogens with two attached hydrogens (primary N) is 1. The van der Waals surface area contributed by atoms with E-state index in [-0.39, 0.29) is 52.9 Å². The van der Waals surface area contributed by atoms with Crippen LogP contribution in [0.15, 0.2) is 40.9 Å². The van der Waals surface area contributed by atoms with Crippen LogP contribution in [-0.4, -0.2) is 49.3 Å². The molecule has 1 atom stereocenters. The fourth-order valence-electron chi connectivity index (χ4n) is 3.72. The van der Waals surface area contributed by atoms with Crippen molar-refractivity contribution in [2.45, 2.75) is 31.2 Å². The fourth-order valence-corrected chi connectivity index (χ4v) is 3.72. The van der Waals surface area contributed by atoms with E-state index in [2.05, 4.69) is 21.4 Å². The summed E-state index contributed by atoms with van der Waals surface area (Å²) in [4.78, 5) is 27.7. The third-order valence-corrected chi connectivity index (χ3v) is 5.36. The maximum atomic E-state index is 14.1.